The van der Waals surface area contributed by atoms with E-state index in [4.69, 9.17) is 0 Å². The van der Waals surface area contributed by atoms with Gasteiger partial charge in [-0.15, -0.1) is 0 Å². The van der Waals surface area contributed by atoms with E-state index in [1.807, 2.05) is 0 Å². The molecule has 0 atom stereocenters. The Labute approximate surface area is 185 Å². The number of hydrogen-bond acceptors (Lipinski definition) is 2. The van der Waals surface area contributed by atoms with Crippen molar-refractivity contribution in [3.05, 3.63) is 102 Å². The Hall–Kier alpha value is -3.04. The fourth-order valence-corrected chi connectivity index (χ4v) is 4.84. The maximum absolute atomic E-state index is 2.57. The van der Waals surface area contributed by atoms with Crippen LogP contribution in [0.5, 0.6) is 0 Å². The van der Waals surface area contributed by atoms with Gasteiger partial charge in [0.2, 0.25) is 0 Å². The minimum Gasteiger partial charge on any atom is -0.369 e. The molecule has 1 fully saturated rings. The summed E-state index contributed by atoms with van der Waals surface area (Å²) in [5.41, 5.74) is 5.24. The first-order chi connectivity index (χ1) is 15.2. The molecular weight excluding hydrogens is 378 g/mol. The van der Waals surface area contributed by atoms with Crippen LogP contribution in [0.15, 0.2) is 91.1 Å². The number of benzene rings is 3. The maximum atomic E-state index is 2.57. The fourth-order valence-electron chi connectivity index (χ4n) is 4.84. The highest BCUT2D eigenvalue weighted by atomic mass is 15.3. The zero-order valence-corrected chi connectivity index (χ0v) is 18.5. The second-order valence-electron chi connectivity index (χ2n) is 8.81. The average molecular weight is 410 g/mol. The largest absolute Gasteiger partial charge is 0.369 e. The number of fused-ring (bicyclic) bond motifs is 1. The monoisotopic (exact) mass is 409 g/mol. The number of anilines is 1. The standard InChI is InChI=1S/C28H31N3/c1-22(2)29-17-19-30(20-18-29)26-14-13-23-15-16-31(27(23)21-26)28(24-9-5-3-6-10-24)25-11-7-4-8-12-25/h3-16,21-22,28H,17-20H2,1-2H3. The number of aromatic nitrogens is 1. The first-order valence-electron chi connectivity index (χ1n) is 11.4. The van der Waals surface area contributed by atoms with Crippen molar-refractivity contribution in [3.8, 4) is 0 Å². The topological polar surface area (TPSA) is 11.4 Å². The quantitative estimate of drug-likeness (QED) is 0.412. The molecule has 5 rings (SSSR count). The van der Waals surface area contributed by atoms with Gasteiger partial charge in [-0.2, -0.15) is 0 Å². The maximum Gasteiger partial charge on any atom is 0.0839 e. The van der Waals surface area contributed by atoms with Crippen LogP contribution in [-0.4, -0.2) is 41.7 Å². The molecule has 0 radical (unpaired) electrons. The molecular formula is C28H31N3. The Bertz CT molecular complexity index is 1080. The van der Waals surface area contributed by atoms with Gasteiger partial charge in [0.1, 0.15) is 0 Å². The van der Waals surface area contributed by atoms with E-state index in [1.54, 1.807) is 0 Å². The third-order valence-electron chi connectivity index (χ3n) is 6.63. The van der Waals surface area contributed by atoms with Crippen LogP contribution in [0.3, 0.4) is 0 Å². The van der Waals surface area contributed by atoms with Gasteiger partial charge in [-0.25, -0.2) is 0 Å². The Kier molecular flexibility index (Phi) is 5.52. The van der Waals surface area contributed by atoms with Gasteiger partial charge < -0.3 is 9.47 Å². The molecule has 1 aromatic heterocycles. The second-order valence-corrected chi connectivity index (χ2v) is 8.81. The molecule has 1 saturated heterocycles. The van der Waals surface area contributed by atoms with Gasteiger partial charge in [0, 0.05) is 44.1 Å². The SMILES string of the molecule is CC(C)N1CCN(c2ccc3ccn(C(c4ccccc4)c4ccccc4)c3c2)CC1. The number of hydrogen-bond donors (Lipinski definition) is 0. The number of rotatable bonds is 5. The summed E-state index contributed by atoms with van der Waals surface area (Å²) in [6.45, 7) is 9.03. The second kappa shape index (κ2) is 8.60. The van der Waals surface area contributed by atoms with Crippen LogP contribution in [0, 0.1) is 0 Å². The molecule has 4 aromatic rings. The van der Waals surface area contributed by atoms with E-state index < -0.39 is 0 Å². The van der Waals surface area contributed by atoms with Gasteiger partial charge in [0.25, 0.3) is 0 Å². The van der Waals surface area contributed by atoms with Crippen LogP contribution < -0.4 is 4.90 Å². The third kappa shape index (κ3) is 3.98. The third-order valence-corrected chi connectivity index (χ3v) is 6.63. The van der Waals surface area contributed by atoms with Crippen molar-refractivity contribution >= 4 is 16.6 Å². The van der Waals surface area contributed by atoms with Crippen LogP contribution in [-0.2, 0) is 0 Å². The molecule has 31 heavy (non-hydrogen) atoms. The van der Waals surface area contributed by atoms with Gasteiger partial charge in [-0.05, 0) is 48.6 Å². The fraction of sp³-hybridized carbons (Fsp3) is 0.286. The van der Waals surface area contributed by atoms with Crippen molar-refractivity contribution in [2.45, 2.75) is 25.9 Å². The molecule has 0 bridgehead atoms. The summed E-state index contributed by atoms with van der Waals surface area (Å²) in [7, 11) is 0. The highest BCUT2D eigenvalue weighted by Crippen LogP contribution is 2.33. The van der Waals surface area contributed by atoms with E-state index in [1.165, 1.54) is 27.7 Å². The Morgan fingerprint density at radius 1 is 0.677 bits per heavy atom. The predicted molar refractivity (Wildman–Crippen MR) is 131 cm³/mol. The van der Waals surface area contributed by atoms with Crippen molar-refractivity contribution < 1.29 is 0 Å². The molecule has 1 aliphatic heterocycles. The number of nitrogens with zero attached hydrogens (tertiary/aromatic N) is 3. The van der Waals surface area contributed by atoms with E-state index in [0.717, 1.165) is 26.2 Å². The smallest absolute Gasteiger partial charge is 0.0839 e. The minimum absolute atomic E-state index is 0.160. The van der Waals surface area contributed by atoms with Gasteiger partial charge in [-0.1, -0.05) is 66.7 Å². The molecule has 0 N–H and O–H groups in total. The lowest BCUT2D eigenvalue weighted by atomic mass is 9.98. The highest BCUT2D eigenvalue weighted by Gasteiger charge is 2.21. The molecule has 3 aromatic carbocycles. The molecule has 0 unspecified atom stereocenters. The summed E-state index contributed by atoms with van der Waals surface area (Å²) in [5, 5.41) is 1.29. The molecule has 0 saturated carbocycles. The Morgan fingerprint density at radius 2 is 1.29 bits per heavy atom. The van der Waals surface area contributed by atoms with Crippen LogP contribution in [0.4, 0.5) is 5.69 Å². The molecule has 3 heteroatoms. The van der Waals surface area contributed by atoms with Gasteiger partial charge in [0.05, 0.1) is 11.6 Å². The molecule has 0 amide bonds. The normalized spacial score (nSPS) is 15.3. The lowest BCUT2D eigenvalue weighted by molar-refractivity contribution is 0.209. The van der Waals surface area contributed by atoms with Crippen molar-refractivity contribution in [1.29, 1.82) is 0 Å². The summed E-state index contributed by atoms with van der Waals surface area (Å²) in [6.07, 6.45) is 2.25. The molecule has 0 aliphatic carbocycles. The molecule has 158 valence electrons. The first-order valence-corrected chi connectivity index (χ1v) is 11.4. The Balaban J connectivity index is 1.54. The van der Waals surface area contributed by atoms with Gasteiger partial charge in [0.15, 0.2) is 0 Å². The lowest BCUT2D eigenvalue weighted by Crippen LogP contribution is -2.48. The van der Waals surface area contributed by atoms with Crippen LogP contribution >= 0.6 is 0 Å². The lowest BCUT2D eigenvalue weighted by Gasteiger charge is -2.38. The number of piperazine rings is 1. The molecule has 3 nitrogen and oxygen atoms in total. The summed E-state index contributed by atoms with van der Waals surface area (Å²) in [5.74, 6) is 0. The first kappa shape index (κ1) is 19.9. The summed E-state index contributed by atoms with van der Waals surface area (Å²) in [4.78, 5) is 5.11. The highest BCUT2D eigenvalue weighted by molar-refractivity contribution is 5.84. The van der Waals surface area contributed by atoms with Gasteiger partial charge >= 0.3 is 0 Å². The van der Waals surface area contributed by atoms with Gasteiger partial charge in [-0.3, -0.25) is 4.90 Å². The minimum atomic E-state index is 0.160. The van der Waals surface area contributed by atoms with E-state index in [2.05, 4.69) is 119 Å². The zero-order chi connectivity index (χ0) is 21.2. The van der Waals surface area contributed by atoms with Crippen molar-refractivity contribution in [1.82, 2.24) is 9.47 Å². The van der Waals surface area contributed by atoms with E-state index in [0.29, 0.717) is 6.04 Å². The van der Waals surface area contributed by atoms with Crippen molar-refractivity contribution in [2.75, 3.05) is 31.1 Å². The predicted octanol–water partition coefficient (Wildman–Crippen LogP) is 5.81. The van der Waals surface area contributed by atoms with Crippen LogP contribution in [0.25, 0.3) is 10.9 Å². The average Bonchev–Trinajstić information content (AvgIpc) is 3.24. The van der Waals surface area contributed by atoms with Crippen LogP contribution in [0.1, 0.15) is 31.0 Å². The van der Waals surface area contributed by atoms with E-state index in [9.17, 15) is 0 Å². The summed E-state index contributed by atoms with van der Waals surface area (Å²) >= 11 is 0. The zero-order valence-electron chi connectivity index (χ0n) is 18.5. The molecule has 2 heterocycles. The Morgan fingerprint density at radius 3 is 1.87 bits per heavy atom. The summed E-state index contributed by atoms with van der Waals surface area (Å²) in [6, 6.07) is 31.7. The van der Waals surface area contributed by atoms with E-state index in [-0.39, 0.29) is 6.04 Å². The summed E-state index contributed by atoms with van der Waals surface area (Å²) < 4.78 is 2.44. The van der Waals surface area contributed by atoms with E-state index >= 15 is 0 Å². The van der Waals surface area contributed by atoms with Crippen LogP contribution in [0.2, 0.25) is 0 Å². The molecule has 1 aliphatic rings. The van der Waals surface area contributed by atoms with Crippen molar-refractivity contribution in [3.63, 3.8) is 0 Å². The molecule has 0 spiro atoms. The van der Waals surface area contributed by atoms with Crippen molar-refractivity contribution in [2.24, 2.45) is 0 Å².